The van der Waals surface area contributed by atoms with E-state index in [1.165, 1.54) is 23.1 Å². The molecule has 4 rings (SSSR count). The Hall–Kier alpha value is -3.55. The van der Waals surface area contributed by atoms with Crippen molar-refractivity contribution in [2.75, 3.05) is 11.1 Å². The van der Waals surface area contributed by atoms with Gasteiger partial charge in [0.15, 0.2) is 5.82 Å². The van der Waals surface area contributed by atoms with Crippen molar-refractivity contribution in [1.82, 2.24) is 14.9 Å². The van der Waals surface area contributed by atoms with Gasteiger partial charge in [0.25, 0.3) is 0 Å². The zero-order valence-electron chi connectivity index (χ0n) is 14.1. The van der Waals surface area contributed by atoms with Crippen molar-refractivity contribution in [2.45, 2.75) is 13.1 Å². The standard InChI is InChI=1S/C19H15F2N5O/c20-13-3-1-11(2-4-13)16-6-5-15(22)18(24-16)25-19(27)26-9-12-7-14(21)8-23-17(12)10-26/h1-8H,9-10,22H2,(H,24,25,27). The van der Waals surface area contributed by atoms with E-state index in [0.29, 0.717) is 28.2 Å². The summed E-state index contributed by atoms with van der Waals surface area (Å²) in [5, 5.41) is 2.68. The van der Waals surface area contributed by atoms with Gasteiger partial charge in [-0.15, -0.1) is 0 Å². The number of hydrogen-bond donors (Lipinski definition) is 2. The summed E-state index contributed by atoms with van der Waals surface area (Å²) >= 11 is 0. The van der Waals surface area contributed by atoms with Gasteiger partial charge >= 0.3 is 6.03 Å². The first-order valence-electron chi connectivity index (χ1n) is 8.21. The molecule has 0 saturated carbocycles. The number of halogens is 2. The Bertz CT molecular complexity index is 1020. The van der Waals surface area contributed by atoms with Gasteiger partial charge in [-0.1, -0.05) is 0 Å². The Balaban J connectivity index is 1.53. The molecule has 2 amide bonds. The highest BCUT2D eigenvalue weighted by atomic mass is 19.1. The zero-order chi connectivity index (χ0) is 19.0. The molecule has 0 aliphatic carbocycles. The van der Waals surface area contributed by atoms with Crippen LogP contribution in [0.25, 0.3) is 11.3 Å². The second-order valence-corrected chi connectivity index (χ2v) is 6.19. The number of rotatable bonds is 2. The van der Waals surface area contributed by atoms with Crippen molar-refractivity contribution in [3.8, 4) is 11.3 Å². The van der Waals surface area contributed by atoms with Crippen LogP contribution < -0.4 is 11.1 Å². The summed E-state index contributed by atoms with van der Waals surface area (Å²) in [7, 11) is 0. The van der Waals surface area contributed by atoms with Crippen LogP contribution in [0, 0.1) is 11.6 Å². The van der Waals surface area contributed by atoms with E-state index in [-0.39, 0.29) is 24.7 Å². The molecule has 1 aliphatic heterocycles. The van der Waals surface area contributed by atoms with Crippen molar-refractivity contribution < 1.29 is 13.6 Å². The fourth-order valence-corrected chi connectivity index (χ4v) is 2.91. The summed E-state index contributed by atoms with van der Waals surface area (Å²) < 4.78 is 26.4. The minimum absolute atomic E-state index is 0.205. The van der Waals surface area contributed by atoms with E-state index in [9.17, 15) is 13.6 Å². The SMILES string of the molecule is Nc1ccc(-c2ccc(F)cc2)nc1NC(=O)N1Cc2cc(F)cnc2C1. The number of benzene rings is 1. The van der Waals surface area contributed by atoms with Crippen LogP contribution in [0.15, 0.2) is 48.7 Å². The molecule has 6 nitrogen and oxygen atoms in total. The van der Waals surface area contributed by atoms with Gasteiger partial charge in [-0.25, -0.2) is 18.6 Å². The van der Waals surface area contributed by atoms with E-state index < -0.39 is 11.8 Å². The number of amides is 2. The van der Waals surface area contributed by atoms with Gasteiger partial charge in [0.2, 0.25) is 0 Å². The van der Waals surface area contributed by atoms with Crippen LogP contribution in [-0.4, -0.2) is 20.9 Å². The number of nitrogens with one attached hydrogen (secondary N) is 1. The van der Waals surface area contributed by atoms with Crippen molar-refractivity contribution in [1.29, 1.82) is 0 Å². The molecule has 136 valence electrons. The van der Waals surface area contributed by atoms with E-state index in [0.717, 1.165) is 6.20 Å². The predicted molar refractivity (Wildman–Crippen MR) is 96.5 cm³/mol. The highest BCUT2D eigenvalue weighted by Gasteiger charge is 2.25. The van der Waals surface area contributed by atoms with E-state index in [1.54, 1.807) is 24.3 Å². The molecular weight excluding hydrogens is 352 g/mol. The van der Waals surface area contributed by atoms with Crippen LogP contribution in [-0.2, 0) is 13.1 Å². The molecule has 8 heteroatoms. The smallest absolute Gasteiger partial charge is 0.323 e. The molecule has 0 spiro atoms. The number of hydrogen-bond acceptors (Lipinski definition) is 4. The minimum Gasteiger partial charge on any atom is -0.396 e. The molecule has 1 aliphatic rings. The number of carbonyl (C=O) groups is 1. The quantitative estimate of drug-likeness (QED) is 0.725. The largest absolute Gasteiger partial charge is 0.396 e. The highest BCUT2D eigenvalue weighted by Crippen LogP contribution is 2.26. The van der Waals surface area contributed by atoms with E-state index in [2.05, 4.69) is 15.3 Å². The van der Waals surface area contributed by atoms with Gasteiger partial charge in [-0.2, -0.15) is 0 Å². The summed E-state index contributed by atoms with van der Waals surface area (Å²) in [6.07, 6.45) is 1.13. The Morgan fingerprint density at radius 1 is 1.07 bits per heavy atom. The van der Waals surface area contributed by atoms with Crippen molar-refractivity contribution in [2.24, 2.45) is 0 Å². The van der Waals surface area contributed by atoms with Crippen LogP contribution in [0.3, 0.4) is 0 Å². The fourth-order valence-electron chi connectivity index (χ4n) is 2.91. The summed E-state index contributed by atoms with van der Waals surface area (Å²) in [4.78, 5) is 22.4. The third-order valence-electron chi connectivity index (χ3n) is 4.31. The molecule has 0 unspecified atom stereocenters. The third kappa shape index (κ3) is 3.41. The Morgan fingerprint density at radius 2 is 1.85 bits per heavy atom. The molecule has 1 aromatic carbocycles. The Labute approximate surface area is 153 Å². The Kier molecular flexibility index (Phi) is 4.15. The molecule has 3 heterocycles. The average molecular weight is 367 g/mol. The first kappa shape index (κ1) is 16.9. The summed E-state index contributed by atoms with van der Waals surface area (Å²) in [5.74, 6) is -0.577. The average Bonchev–Trinajstić information content (AvgIpc) is 3.07. The lowest BCUT2D eigenvalue weighted by molar-refractivity contribution is 0.212. The topological polar surface area (TPSA) is 84.1 Å². The monoisotopic (exact) mass is 367 g/mol. The maximum Gasteiger partial charge on any atom is 0.323 e. The molecule has 0 atom stereocenters. The zero-order valence-corrected chi connectivity index (χ0v) is 14.1. The van der Waals surface area contributed by atoms with Gasteiger partial charge < -0.3 is 10.6 Å². The molecule has 3 aromatic rings. The van der Waals surface area contributed by atoms with Gasteiger partial charge in [0.05, 0.1) is 29.8 Å². The van der Waals surface area contributed by atoms with Crippen LogP contribution in [0.1, 0.15) is 11.3 Å². The van der Waals surface area contributed by atoms with E-state index >= 15 is 0 Å². The second kappa shape index (κ2) is 6.64. The molecule has 3 N–H and O–H groups in total. The normalized spacial score (nSPS) is 12.7. The predicted octanol–water partition coefficient (Wildman–Crippen LogP) is 3.55. The van der Waals surface area contributed by atoms with Gasteiger partial charge in [-0.3, -0.25) is 10.3 Å². The number of carbonyl (C=O) groups excluding carboxylic acids is 1. The van der Waals surface area contributed by atoms with Crippen LogP contribution >= 0.6 is 0 Å². The highest BCUT2D eigenvalue weighted by molar-refractivity contribution is 5.92. The van der Waals surface area contributed by atoms with Crippen molar-refractivity contribution >= 4 is 17.5 Å². The number of nitrogen functional groups attached to an aromatic ring is 1. The van der Waals surface area contributed by atoms with Crippen LogP contribution in [0.4, 0.5) is 25.1 Å². The van der Waals surface area contributed by atoms with Crippen LogP contribution in [0.5, 0.6) is 0 Å². The van der Waals surface area contributed by atoms with Gasteiger partial charge in [-0.05, 0) is 48.0 Å². The summed E-state index contributed by atoms with van der Waals surface area (Å²) in [5.41, 5.74) is 8.80. The molecule has 2 aromatic heterocycles. The molecule has 0 saturated heterocycles. The number of anilines is 2. The molecule has 0 radical (unpaired) electrons. The molecule has 27 heavy (non-hydrogen) atoms. The maximum atomic E-state index is 13.3. The maximum absolute atomic E-state index is 13.3. The summed E-state index contributed by atoms with van der Waals surface area (Å²) in [6.45, 7) is 0.530. The first-order chi connectivity index (χ1) is 13.0. The lowest BCUT2D eigenvalue weighted by Crippen LogP contribution is -2.31. The second-order valence-electron chi connectivity index (χ2n) is 6.19. The first-order valence-corrected chi connectivity index (χ1v) is 8.21. The molecular formula is C19H15F2N5O. The third-order valence-corrected chi connectivity index (χ3v) is 4.31. The minimum atomic E-state index is -0.436. The molecule has 0 bridgehead atoms. The fraction of sp³-hybridized carbons (Fsp3) is 0.105. The lowest BCUT2D eigenvalue weighted by Gasteiger charge is -2.17. The number of nitrogens with zero attached hydrogens (tertiary/aromatic N) is 3. The van der Waals surface area contributed by atoms with E-state index in [1.807, 2.05) is 0 Å². The number of pyridine rings is 2. The number of urea groups is 1. The molecule has 0 fully saturated rings. The number of aromatic nitrogens is 2. The van der Waals surface area contributed by atoms with Gasteiger partial charge in [0.1, 0.15) is 11.6 Å². The van der Waals surface area contributed by atoms with Crippen molar-refractivity contribution in [3.63, 3.8) is 0 Å². The lowest BCUT2D eigenvalue weighted by atomic mass is 10.1. The number of fused-ring (bicyclic) bond motifs is 1. The summed E-state index contributed by atoms with van der Waals surface area (Å²) in [6, 6.07) is 10.1. The number of nitrogens with two attached hydrogens (primary N) is 1. The van der Waals surface area contributed by atoms with E-state index in [4.69, 9.17) is 5.73 Å². The Morgan fingerprint density at radius 3 is 2.63 bits per heavy atom. The van der Waals surface area contributed by atoms with Gasteiger partial charge in [0, 0.05) is 12.1 Å². The van der Waals surface area contributed by atoms with Crippen LogP contribution in [0.2, 0.25) is 0 Å². The van der Waals surface area contributed by atoms with Crippen molar-refractivity contribution in [3.05, 3.63) is 71.6 Å².